The smallest absolute Gasteiger partial charge is 0.339 e. The number of halogens is 1. The van der Waals surface area contributed by atoms with Crippen molar-refractivity contribution in [2.24, 2.45) is 0 Å². The molecule has 0 unspecified atom stereocenters. The predicted molar refractivity (Wildman–Crippen MR) is 125 cm³/mol. The van der Waals surface area contributed by atoms with Crippen LogP contribution in [0.15, 0.2) is 66.2 Å². The fourth-order valence-corrected chi connectivity index (χ4v) is 3.59. The van der Waals surface area contributed by atoms with Crippen LogP contribution < -0.4 is 4.74 Å². The van der Waals surface area contributed by atoms with Gasteiger partial charge in [0.25, 0.3) is 0 Å². The van der Waals surface area contributed by atoms with Crippen LogP contribution in [0.4, 0.5) is 4.39 Å². The molecule has 0 aromatic heterocycles. The quantitative estimate of drug-likeness (QED) is 0.334. The summed E-state index contributed by atoms with van der Waals surface area (Å²) < 4.78 is 18.6. The summed E-state index contributed by atoms with van der Waals surface area (Å²) in [5.41, 5.74) is 3.07. The number of carboxylic acid groups (broad SMARTS) is 1. The van der Waals surface area contributed by atoms with Gasteiger partial charge in [0.15, 0.2) is 5.78 Å². The van der Waals surface area contributed by atoms with Gasteiger partial charge in [0, 0.05) is 17.5 Å². The highest BCUT2D eigenvalue weighted by molar-refractivity contribution is 6.01. The normalized spacial score (nSPS) is 10.5. The number of rotatable bonds is 8. The summed E-state index contributed by atoms with van der Waals surface area (Å²) in [5, 5.41) is 20.5. The van der Waals surface area contributed by atoms with Gasteiger partial charge in [-0.25, -0.2) is 9.18 Å². The molecular formula is C27H25FO5. The summed E-state index contributed by atoms with van der Waals surface area (Å²) >= 11 is 0. The second-order valence-corrected chi connectivity index (χ2v) is 7.92. The minimum absolute atomic E-state index is 0.162. The number of ether oxygens (including phenoxy) is 1. The minimum atomic E-state index is -1.32. The number of ketones is 1. The topological polar surface area (TPSA) is 83.8 Å². The minimum Gasteiger partial charge on any atom is -0.507 e. The fourth-order valence-electron chi connectivity index (χ4n) is 3.59. The number of benzene rings is 3. The Bertz CT molecular complexity index is 1220. The molecule has 0 amide bonds. The molecule has 2 N–H and O–H groups in total. The summed E-state index contributed by atoms with van der Waals surface area (Å²) in [6.07, 6.45) is 1.92. The van der Waals surface area contributed by atoms with E-state index >= 15 is 0 Å². The van der Waals surface area contributed by atoms with Crippen molar-refractivity contribution in [1.29, 1.82) is 0 Å². The number of phenols is 1. The van der Waals surface area contributed by atoms with Crippen molar-refractivity contribution >= 4 is 11.8 Å². The van der Waals surface area contributed by atoms with E-state index < -0.39 is 11.7 Å². The molecule has 6 heteroatoms. The Morgan fingerprint density at radius 1 is 1.03 bits per heavy atom. The van der Waals surface area contributed by atoms with Crippen molar-refractivity contribution in [3.05, 3.63) is 94.3 Å². The number of aromatic hydroxyl groups is 1. The monoisotopic (exact) mass is 448 g/mol. The number of hydrogen-bond acceptors (Lipinski definition) is 4. The molecule has 0 aliphatic rings. The van der Waals surface area contributed by atoms with Crippen molar-refractivity contribution in [3.8, 4) is 22.6 Å². The molecule has 0 radical (unpaired) electrons. The van der Waals surface area contributed by atoms with E-state index in [1.54, 1.807) is 36.4 Å². The first-order chi connectivity index (χ1) is 15.7. The first-order valence-corrected chi connectivity index (χ1v) is 10.4. The number of allylic oxidation sites excluding steroid dienone is 2. The largest absolute Gasteiger partial charge is 0.507 e. The molecule has 0 atom stereocenters. The standard InChI is InChI=1S/C27H25FO5/c1-16(2)7-12-22-24(33-3)15-20(25(26(22)30)27(31)32)14-23(29)19-6-4-5-18(13-19)17-8-10-21(28)11-9-17/h4-11,13,15,30H,12,14H2,1-3H3,(H,31,32). The van der Waals surface area contributed by atoms with Crippen LogP contribution in [-0.4, -0.2) is 29.1 Å². The highest BCUT2D eigenvalue weighted by Gasteiger charge is 2.24. The summed E-state index contributed by atoms with van der Waals surface area (Å²) in [6, 6.07) is 14.3. The highest BCUT2D eigenvalue weighted by Crippen LogP contribution is 2.36. The molecule has 0 heterocycles. The zero-order valence-corrected chi connectivity index (χ0v) is 18.7. The van der Waals surface area contributed by atoms with Crippen molar-refractivity contribution in [2.75, 3.05) is 7.11 Å². The molecule has 0 aliphatic heterocycles. The molecule has 0 spiro atoms. The van der Waals surface area contributed by atoms with Gasteiger partial charge in [0.1, 0.15) is 22.9 Å². The SMILES string of the molecule is COc1cc(CC(=O)c2cccc(-c3ccc(F)cc3)c2)c(C(=O)O)c(O)c1CC=C(C)C. The fraction of sp³-hybridized carbons (Fsp3) is 0.185. The van der Waals surface area contributed by atoms with Gasteiger partial charge in [0.05, 0.1) is 7.11 Å². The number of carbonyl (C=O) groups excluding carboxylic acids is 1. The van der Waals surface area contributed by atoms with Crippen molar-refractivity contribution in [1.82, 2.24) is 0 Å². The lowest BCUT2D eigenvalue weighted by Gasteiger charge is -2.16. The maximum absolute atomic E-state index is 13.2. The molecule has 3 aromatic carbocycles. The maximum atomic E-state index is 13.2. The van der Waals surface area contributed by atoms with Crippen LogP contribution in [0.3, 0.4) is 0 Å². The Morgan fingerprint density at radius 3 is 2.33 bits per heavy atom. The number of aromatic carboxylic acids is 1. The number of carbonyl (C=O) groups is 2. The number of hydrogen-bond donors (Lipinski definition) is 2. The second-order valence-electron chi connectivity index (χ2n) is 7.92. The zero-order valence-electron chi connectivity index (χ0n) is 18.7. The average molecular weight is 448 g/mol. The summed E-state index contributed by atoms with van der Waals surface area (Å²) in [5.74, 6) is -2.08. The average Bonchev–Trinajstić information content (AvgIpc) is 2.78. The number of carboxylic acids is 1. The van der Waals surface area contributed by atoms with Gasteiger partial charge in [0.2, 0.25) is 0 Å². The molecule has 170 valence electrons. The lowest BCUT2D eigenvalue weighted by Crippen LogP contribution is -2.11. The van der Waals surface area contributed by atoms with Crippen molar-refractivity contribution in [2.45, 2.75) is 26.7 Å². The highest BCUT2D eigenvalue weighted by atomic mass is 19.1. The lowest BCUT2D eigenvalue weighted by atomic mass is 9.93. The molecular weight excluding hydrogens is 423 g/mol. The maximum Gasteiger partial charge on any atom is 0.339 e. The predicted octanol–water partition coefficient (Wildman–Crippen LogP) is 5.84. The van der Waals surface area contributed by atoms with Gasteiger partial charge in [-0.3, -0.25) is 4.79 Å². The molecule has 3 aromatic rings. The Balaban J connectivity index is 1.99. The molecule has 5 nitrogen and oxygen atoms in total. The Morgan fingerprint density at radius 2 is 1.73 bits per heavy atom. The Labute approximate surface area is 191 Å². The molecule has 0 aliphatic carbocycles. The van der Waals surface area contributed by atoms with E-state index in [9.17, 15) is 24.2 Å². The van der Waals surface area contributed by atoms with E-state index in [4.69, 9.17) is 4.74 Å². The number of methoxy groups -OCH3 is 1. The van der Waals surface area contributed by atoms with Gasteiger partial charge in [-0.05, 0) is 61.2 Å². The van der Waals surface area contributed by atoms with Crippen LogP contribution in [0.1, 0.15) is 45.7 Å². The summed E-state index contributed by atoms with van der Waals surface area (Å²) in [6.45, 7) is 3.80. The van der Waals surface area contributed by atoms with Gasteiger partial charge >= 0.3 is 5.97 Å². The van der Waals surface area contributed by atoms with Gasteiger partial charge in [-0.15, -0.1) is 0 Å². The van der Waals surface area contributed by atoms with Gasteiger partial charge < -0.3 is 14.9 Å². The third-order valence-electron chi connectivity index (χ3n) is 5.31. The van der Waals surface area contributed by atoms with E-state index in [0.717, 1.165) is 16.7 Å². The van der Waals surface area contributed by atoms with E-state index in [1.807, 2.05) is 19.9 Å². The van der Waals surface area contributed by atoms with E-state index in [0.29, 0.717) is 23.3 Å². The van der Waals surface area contributed by atoms with Crippen molar-refractivity contribution < 1.29 is 28.9 Å². The molecule has 0 saturated heterocycles. The van der Waals surface area contributed by atoms with Crippen LogP contribution in [0.5, 0.6) is 11.5 Å². The molecule has 33 heavy (non-hydrogen) atoms. The Hall–Kier alpha value is -3.93. The third-order valence-corrected chi connectivity index (χ3v) is 5.31. The van der Waals surface area contributed by atoms with E-state index in [1.165, 1.54) is 25.3 Å². The second kappa shape index (κ2) is 10.1. The van der Waals surface area contributed by atoms with E-state index in [-0.39, 0.29) is 29.1 Å². The van der Waals surface area contributed by atoms with Gasteiger partial charge in [-0.1, -0.05) is 42.0 Å². The van der Waals surface area contributed by atoms with Crippen molar-refractivity contribution in [3.63, 3.8) is 0 Å². The summed E-state index contributed by atoms with van der Waals surface area (Å²) in [7, 11) is 1.43. The zero-order chi connectivity index (χ0) is 24.1. The molecule has 0 bridgehead atoms. The number of Topliss-reactive ketones (excluding diaryl/α,β-unsaturated/α-hetero) is 1. The van der Waals surface area contributed by atoms with Crippen LogP contribution in [0.25, 0.3) is 11.1 Å². The Kier molecular flexibility index (Phi) is 7.28. The van der Waals surface area contributed by atoms with Crippen LogP contribution >= 0.6 is 0 Å². The van der Waals surface area contributed by atoms with Crippen LogP contribution in [0, 0.1) is 5.82 Å². The first-order valence-electron chi connectivity index (χ1n) is 10.4. The third kappa shape index (κ3) is 5.47. The van der Waals surface area contributed by atoms with Crippen LogP contribution in [-0.2, 0) is 12.8 Å². The molecule has 0 saturated carbocycles. The lowest BCUT2D eigenvalue weighted by molar-refractivity contribution is 0.0692. The van der Waals surface area contributed by atoms with Gasteiger partial charge in [-0.2, -0.15) is 0 Å². The first kappa shape index (κ1) is 23.7. The molecule has 3 rings (SSSR count). The van der Waals surface area contributed by atoms with E-state index in [2.05, 4.69) is 0 Å². The summed E-state index contributed by atoms with van der Waals surface area (Å²) in [4.78, 5) is 25.0. The van der Waals surface area contributed by atoms with Crippen LogP contribution in [0.2, 0.25) is 0 Å². The molecule has 0 fully saturated rings.